The van der Waals surface area contributed by atoms with Crippen molar-refractivity contribution in [3.05, 3.63) is 57.6 Å². The number of esters is 2. The third-order valence-corrected chi connectivity index (χ3v) is 5.95. The van der Waals surface area contributed by atoms with Crippen molar-refractivity contribution >= 4 is 29.6 Å². The van der Waals surface area contributed by atoms with Gasteiger partial charge in [0.25, 0.3) is 0 Å². The van der Waals surface area contributed by atoms with Crippen LogP contribution >= 0.6 is 11.8 Å². The van der Waals surface area contributed by atoms with Crippen molar-refractivity contribution in [1.29, 1.82) is 5.26 Å². The average molecular weight is 431 g/mol. The summed E-state index contributed by atoms with van der Waals surface area (Å²) in [6.45, 7) is 1.69. The number of allylic oxidation sites excluding steroid dienone is 1. The Kier molecular flexibility index (Phi) is 6.12. The number of amides is 1. The van der Waals surface area contributed by atoms with E-state index in [-0.39, 0.29) is 35.0 Å². The highest BCUT2D eigenvalue weighted by molar-refractivity contribution is 8.04. The van der Waals surface area contributed by atoms with Gasteiger partial charge in [0.2, 0.25) is 5.91 Å². The molecule has 0 bridgehead atoms. The molecule has 0 spiro atoms. The van der Waals surface area contributed by atoms with Crippen LogP contribution in [0.5, 0.6) is 0 Å². The number of carbonyl (C=O) groups is 3. The smallest absolute Gasteiger partial charge is 0.337 e. The highest BCUT2D eigenvalue weighted by Crippen LogP contribution is 2.50. The first kappa shape index (κ1) is 21.4. The third kappa shape index (κ3) is 3.64. The summed E-state index contributed by atoms with van der Waals surface area (Å²) in [7, 11) is 1.20. The molecule has 0 unspecified atom stereocenters. The number of benzene rings is 1. The third-order valence-electron chi connectivity index (χ3n) is 4.68. The van der Waals surface area contributed by atoms with E-state index in [0.717, 1.165) is 16.7 Å². The van der Waals surface area contributed by atoms with Gasteiger partial charge >= 0.3 is 11.9 Å². The number of rotatable bonds is 5. The van der Waals surface area contributed by atoms with Crippen LogP contribution in [0.4, 0.5) is 4.39 Å². The Bertz CT molecular complexity index is 1010. The summed E-state index contributed by atoms with van der Waals surface area (Å²) >= 11 is 0.983. The predicted molar refractivity (Wildman–Crippen MR) is 104 cm³/mol. The van der Waals surface area contributed by atoms with E-state index in [1.807, 2.05) is 6.07 Å². The number of nitrogens with two attached hydrogens (primary N) is 1. The van der Waals surface area contributed by atoms with Crippen LogP contribution in [0.2, 0.25) is 0 Å². The van der Waals surface area contributed by atoms with E-state index in [0.29, 0.717) is 5.56 Å². The number of nitrogens with zero attached hydrogens (tertiary/aromatic N) is 2. The van der Waals surface area contributed by atoms with Gasteiger partial charge in [0.1, 0.15) is 16.9 Å². The molecule has 156 valence electrons. The molecule has 0 radical (unpaired) electrons. The lowest BCUT2D eigenvalue weighted by molar-refractivity contribution is -0.142. The molecule has 2 aliphatic rings. The van der Waals surface area contributed by atoms with Gasteiger partial charge in [-0.15, -0.1) is 0 Å². The van der Waals surface area contributed by atoms with Gasteiger partial charge in [-0.25, -0.2) is 9.18 Å². The Balaban J connectivity index is 2.20. The maximum Gasteiger partial charge on any atom is 0.337 e. The molecule has 2 heterocycles. The summed E-state index contributed by atoms with van der Waals surface area (Å²) < 4.78 is 23.3. The Labute approximate surface area is 176 Å². The summed E-state index contributed by atoms with van der Waals surface area (Å²) in [5.74, 6) is -3.44. The van der Waals surface area contributed by atoms with Crippen LogP contribution in [0.1, 0.15) is 24.8 Å². The number of ether oxygens (including phenoxy) is 2. The minimum atomic E-state index is -0.946. The molecule has 10 heteroatoms. The fourth-order valence-corrected chi connectivity index (χ4v) is 4.64. The zero-order valence-corrected chi connectivity index (χ0v) is 17.0. The summed E-state index contributed by atoms with van der Waals surface area (Å²) in [5, 5.41) is 9.10. The summed E-state index contributed by atoms with van der Waals surface area (Å²) in [4.78, 5) is 38.6. The Morgan fingerprint density at radius 2 is 2.00 bits per heavy atom. The number of nitriles is 1. The van der Waals surface area contributed by atoms with E-state index in [1.54, 1.807) is 6.92 Å². The quantitative estimate of drug-likeness (QED) is 0.702. The summed E-state index contributed by atoms with van der Waals surface area (Å²) in [6, 6.07) is 7.25. The zero-order chi connectivity index (χ0) is 22.0. The summed E-state index contributed by atoms with van der Waals surface area (Å²) in [6.07, 6.45) is -0.230. The van der Waals surface area contributed by atoms with Crippen molar-refractivity contribution in [3.8, 4) is 6.07 Å². The van der Waals surface area contributed by atoms with Crippen LogP contribution in [0.25, 0.3) is 0 Å². The van der Waals surface area contributed by atoms with Gasteiger partial charge in [-0.2, -0.15) is 5.26 Å². The van der Waals surface area contributed by atoms with Crippen molar-refractivity contribution < 1.29 is 28.2 Å². The largest absolute Gasteiger partial charge is 0.469 e. The Hall–Kier alpha value is -3.32. The first-order valence-corrected chi connectivity index (χ1v) is 9.85. The van der Waals surface area contributed by atoms with Crippen LogP contribution < -0.4 is 5.73 Å². The standard InChI is InChI=1S/C20H18FN3O5S/c1-3-29-20(27)16-15(10-4-6-11(21)7-5-10)12(9-22)17(23)24-18(26)13(30-19(16)24)8-14(25)28-2/h4-7,13,15H,3,8,23H2,1-2H3/t13-,15+/m1/s1. The minimum Gasteiger partial charge on any atom is -0.469 e. The topological polar surface area (TPSA) is 123 Å². The van der Waals surface area contributed by atoms with Crippen molar-refractivity contribution in [2.45, 2.75) is 24.5 Å². The van der Waals surface area contributed by atoms with Gasteiger partial charge < -0.3 is 15.2 Å². The number of fused-ring (bicyclic) bond motifs is 1. The molecule has 8 nitrogen and oxygen atoms in total. The van der Waals surface area contributed by atoms with Crippen molar-refractivity contribution in [2.75, 3.05) is 13.7 Å². The molecule has 2 aliphatic heterocycles. The lowest BCUT2D eigenvalue weighted by Crippen LogP contribution is -2.38. The maximum atomic E-state index is 13.5. The van der Waals surface area contributed by atoms with Crippen molar-refractivity contribution in [1.82, 2.24) is 4.90 Å². The predicted octanol–water partition coefficient (Wildman–Crippen LogP) is 1.90. The molecule has 0 saturated carbocycles. The normalized spacial score (nSPS) is 20.7. The van der Waals surface area contributed by atoms with Gasteiger partial charge in [-0.05, 0) is 24.6 Å². The number of methoxy groups -OCH3 is 1. The lowest BCUT2D eigenvalue weighted by Gasteiger charge is -2.31. The zero-order valence-electron chi connectivity index (χ0n) is 16.2. The van der Waals surface area contributed by atoms with E-state index in [2.05, 4.69) is 4.74 Å². The minimum absolute atomic E-state index is 0.0407. The van der Waals surface area contributed by atoms with Crippen LogP contribution in [-0.4, -0.2) is 41.7 Å². The molecule has 1 aromatic rings. The molecule has 3 rings (SSSR count). The van der Waals surface area contributed by atoms with Gasteiger partial charge in [-0.3, -0.25) is 14.5 Å². The van der Waals surface area contributed by atoms with E-state index in [4.69, 9.17) is 10.5 Å². The maximum absolute atomic E-state index is 13.5. The van der Waals surface area contributed by atoms with Gasteiger partial charge in [0.05, 0.1) is 48.3 Å². The Morgan fingerprint density at radius 1 is 1.33 bits per heavy atom. The molecule has 1 aromatic carbocycles. The number of carbonyl (C=O) groups excluding carboxylic acids is 3. The highest BCUT2D eigenvalue weighted by Gasteiger charge is 2.49. The molecule has 30 heavy (non-hydrogen) atoms. The highest BCUT2D eigenvalue weighted by atomic mass is 32.2. The number of halogens is 1. The SMILES string of the molecule is CCOC(=O)C1=C2S[C@H](CC(=O)OC)C(=O)N2C(N)=C(C#N)[C@@H]1c1ccc(F)cc1. The molecule has 1 fully saturated rings. The average Bonchev–Trinajstić information content (AvgIpc) is 3.04. The van der Waals surface area contributed by atoms with Crippen LogP contribution in [0, 0.1) is 17.1 Å². The lowest BCUT2D eigenvalue weighted by atomic mass is 9.83. The van der Waals surface area contributed by atoms with Gasteiger partial charge in [0, 0.05) is 0 Å². The van der Waals surface area contributed by atoms with E-state index in [9.17, 15) is 24.0 Å². The molecule has 2 N–H and O–H groups in total. The van der Waals surface area contributed by atoms with Crippen LogP contribution in [0.15, 0.2) is 46.3 Å². The molecule has 0 aliphatic carbocycles. The van der Waals surface area contributed by atoms with Gasteiger partial charge in [0.15, 0.2) is 0 Å². The molecule has 0 aromatic heterocycles. The second-order valence-corrected chi connectivity index (χ2v) is 7.59. The molecule has 2 atom stereocenters. The van der Waals surface area contributed by atoms with Crippen molar-refractivity contribution in [3.63, 3.8) is 0 Å². The molecular weight excluding hydrogens is 413 g/mol. The second kappa shape index (κ2) is 8.59. The van der Waals surface area contributed by atoms with Gasteiger partial charge in [-0.1, -0.05) is 23.9 Å². The fourth-order valence-electron chi connectivity index (χ4n) is 3.32. The fraction of sp³-hybridized carbons (Fsp3) is 0.300. The van der Waals surface area contributed by atoms with E-state index < -0.39 is 34.8 Å². The molecule has 1 saturated heterocycles. The first-order valence-electron chi connectivity index (χ1n) is 8.97. The van der Waals surface area contributed by atoms with Crippen LogP contribution in [-0.2, 0) is 23.9 Å². The Morgan fingerprint density at radius 3 is 2.57 bits per heavy atom. The van der Waals surface area contributed by atoms with E-state index >= 15 is 0 Å². The second-order valence-electron chi connectivity index (χ2n) is 6.39. The number of thioether (sulfide) groups is 1. The van der Waals surface area contributed by atoms with Crippen molar-refractivity contribution in [2.24, 2.45) is 5.73 Å². The van der Waals surface area contributed by atoms with E-state index in [1.165, 1.54) is 31.4 Å². The summed E-state index contributed by atoms with van der Waals surface area (Å²) in [5.41, 5.74) is 6.60. The number of hydrogen-bond donors (Lipinski definition) is 1. The monoisotopic (exact) mass is 431 g/mol. The first-order chi connectivity index (χ1) is 14.3. The molecular formula is C20H18FN3O5S. The molecule has 1 amide bonds. The van der Waals surface area contributed by atoms with Crippen LogP contribution in [0.3, 0.4) is 0 Å². The number of hydrogen-bond acceptors (Lipinski definition) is 8.